The zero-order valence-electron chi connectivity index (χ0n) is 16.3. The van der Waals surface area contributed by atoms with Crippen LogP contribution in [-0.2, 0) is 6.54 Å². The van der Waals surface area contributed by atoms with Crippen molar-refractivity contribution < 1.29 is 4.79 Å². The molecule has 5 nitrogen and oxygen atoms in total. The minimum atomic E-state index is -0.125. The first-order valence-corrected chi connectivity index (χ1v) is 10.4. The fourth-order valence-electron chi connectivity index (χ4n) is 4.09. The summed E-state index contributed by atoms with van der Waals surface area (Å²) in [5.74, 6) is -0.0755. The first-order valence-electron chi connectivity index (χ1n) is 9.65. The number of hydrogen-bond donors (Lipinski definition) is 3. The molecule has 4 rings (SSSR count). The first-order chi connectivity index (χ1) is 13.5. The number of carbonyl (C=O) groups excluding carboxylic acids is 1. The van der Waals surface area contributed by atoms with Crippen molar-refractivity contribution in [1.82, 2.24) is 20.7 Å². The monoisotopic (exact) mass is 440 g/mol. The number of halogens is 1. The van der Waals surface area contributed by atoms with E-state index in [1.54, 1.807) is 0 Å². The predicted molar refractivity (Wildman–Crippen MR) is 116 cm³/mol. The molecule has 2 unspecified atom stereocenters. The van der Waals surface area contributed by atoms with Gasteiger partial charge in [0.1, 0.15) is 0 Å². The van der Waals surface area contributed by atoms with Gasteiger partial charge in [0.25, 0.3) is 5.91 Å². The lowest BCUT2D eigenvalue weighted by Gasteiger charge is -2.15. The molecule has 0 aliphatic carbocycles. The number of hydrazine groups is 1. The maximum atomic E-state index is 12.6. The Balaban J connectivity index is 1.53. The maximum absolute atomic E-state index is 12.6. The number of nitrogens with one attached hydrogen (secondary N) is 3. The van der Waals surface area contributed by atoms with Crippen molar-refractivity contribution in [2.75, 3.05) is 0 Å². The highest BCUT2D eigenvalue weighted by atomic mass is 79.9. The minimum Gasteiger partial charge on any atom is -0.343 e. The Hall–Kier alpha value is -2.15. The Morgan fingerprint density at radius 2 is 2.00 bits per heavy atom. The van der Waals surface area contributed by atoms with Gasteiger partial charge < -0.3 is 9.88 Å². The van der Waals surface area contributed by atoms with E-state index in [0.29, 0.717) is 5.56 Å². The van der Waals surface area contributed by atoms with Crippen LogP contribution in [0.2, 0.25) is 0 Å². The maximum Gasteiger partial charge on any atom is 0.252 e. The van der Waals surface area contributed by atoms with Crippen LogP contribution in [0.5, 0.6) is 0 Å². The molecule has 1 aliphatic heterocycles. The lowest BCUT2D eigenvalue weighted by atomic mass is 10.0. The third-order valence-electron chi connectivity index (χ3n) is 5.56. The Kier molecular flexibility index (Phi) is 5.27. The average Bonchev–Trinajstić information content (AvgIpc) is 3.26. The molecular formula is C22H25BrN4O. The van der Waals surface area contributed by atoms with Crippen molar-refractivity contribution in [3.8, 4) is 0 Å². The number of hydrogen-bond acceptors (Lipinski definition) is 3. The quantitative estimate of drug-likeness (QED) is 0.565. The summed E-state index contributed by atoms with van der Waals surface area (Å²) >= 11 is 3.50. The molecule has 6 heteroatoms. The van der Waals surface area contributed by atoms with Crippen LogP contribution in [-0.4, -0.2) is 16.6 Å². The predicted octanol–water partition coefficient (Wildman–Crippen LogP) is 4.34. The lowest BCUT2D eigenvalue weighted by Crippen LogP contribution is -2.44. The van der Waals surface area contributed by atoms with Gasteiger partial charge in [0, 0.05) is 39.6 Å². The number of nitrogens with zero attached hydrogens (tertiary/aromatic N) is 1. The zero-order chi connectivity index (χ0) is 19.8. The van der Waals surface area contributed by atoms with Crippen LogP contribution in [0.1, 0.15) is 46.6 Å². The molecule has 3 aromatic rings. The van der Waals surface area contributed by atoms with Gasteiger partial charge >= 0.3 is 0 Å². The molecule has 0 radical (unpaired) electrons. The van der Waals surface area contributed by atoms with Crippen molar-refractivity contribution in [3.05, 3.63) is 69.3 Å². The Morgan fingerprint density at radius 1 is 1.21 bits per heavy atom. The van der Waals surface area contributed by atoms with Gasteiger partial charge in [-0.05, 0) is 50.1 Å². The molecule has 0 saturated carbocycles. The highest BCUT2D eigenvalue weighted by Crippen LogP contribution is 2.32. The summed E-state index contributed by atoms with van der Waals surface area (Å²) in [6.07, 6.45) is 0.663. The molecule has 0 spiro atoms. The molecule has 2 heterocycles. The normalized spacial score (nSPS) is 19.3. The topological polar surface area (TPSA) is 58.1 Å². The van der Waals surface area contributed by atoms with Crippen LogP contribution in [0.3, 0.4) is 0 Å². The summed E-state index contributed by atoms with van der Waals surface area (Å²) in [6, 6.07) is 14.3. The number of aryl methyl sites for hydroxylation is 3. The van der Waals surface area contributed by atoms with Gasteiger partial charge in [-0.15, -0.1) is 0 Å². The van der Waals surface area contributed by atoms with E-state index in [0.717, 1.165) is 23.0 Å². The Bertz CT molecular complexity index is 1040. The van der Waals surface area contributed by atoms with E-state index in [1.165, 1.54) is 22.2 Å². The summed E-state index contributed by atoms with van der Waals surface area (Å²) in [4.78, 5) is 12.6. The van der Waals surface area contributed by atoms with Crippen molar-refractivity contribution in [3.63, 3.8) is 0 Å². The van der Waals surface area contributed by atoms with E-state index >= 15 is 0 Å². The summed E-state index contributed by atoms with van der Waals surface area (Å²) in [7, 11) is 0. The third kappa shape index (κ3) is 3.36. The van der Waals surface area contributed by atoms with Crippen LogP contribution < -0.4 is 16.2 Å². The third-order valence-corrected chi connectivity index (χ3v) is 6.42. The van der Waals surface area contributed by atoms with Gasteiger partial charge in [0.2, 0.25) is 0 Å². The van der Waals surface area contributed by atoms with Gasteiger partial charge in [0.15, 0.2) is 0 Å². The largest absolute Gasteiger partial charge is 0.343 e. The first kappa shape index (κ1) is 19.2. The standard InChI is InChI=1S/C22H25BrN4O/c1-4-27-19-8-6-5-7-16(19)14(3)21(27)18-12-20(26-25-18)24-22(28)15-10-9-13(2)17(23)11-15/h5-11,18,20,25-26H,4,12H2,1-3H3,(H,24,28). The van der Waals surface area contributed by atoms with Crippen LogP contribution in [0.15, 0.2) is 46.9 Å². The second-order valence-electron chi connectivity index (χ2n) is 7.34. The van der Waals surface area contributed by atoms with Crippen LogP contribution in [0, 0.1) is 13.8 Å². The van der Waals surface area contributed by atoms with E-state index in [4.69, 9.17) is 0 Å². The number of benzene rings is 2. The number of carbonyl (C=O) groups is 1. The Morgan fingerprint density at radius 3 is 2.75 bits per heavy atom. The summed E-state index contributed by atoms with van der Waals surface area (Å²) in [5.41, 5.74) is 12.2. The van der Waals surface area contributed by atoms with Crippen molar-refractivity contribution in [1.29, 1.82) is 0 Å². The molecule has 3 N–H and O–H groups in total. The molecule has 1 aromatic heterocycles. The van der Waals surface area contributed by atoms with Crippen LogP contribution in [0.25, 0.3) is 10.9 Å². The second kappa shape index (κ2) is 7.70. The molecule has 146 valence electrons. The summed E-state index contributed by atoms with van der Waals surface area (Å²) in [5, 5.41) is 4.38. The van der Waals surface area contributed by atoms with E-state index in [1.807, 2.05) is 25.1 Å². The smallest absolute Gasteiger partial charge is 0.252 e. The van der Waals surface area contributed by atoms with Gasteiger partial charge in [-0.25, -0.2) is 10.9 Å². The number of aromatic nitrogens is 1. The van der Waals surface area contributed by atoms with E-state index in [9.17, 15) is 4.79 Å². The van der Waals surface area contributed by atoms with Crippen LogP contribution >= 0.6 is 15.9 Å². The molecule has 1 saturated heterocycles. The molecule has 28 heavy (non-hydrogen) atoms. The fraction of sp³-hybridized carbons (Fsp3) is 0.318. The van der Waals surface area contributed by atoms with Crippen molar-refractivity contribution in [2.24, 2.45) is 0 Å². The van der Waals surface area contributed by atoms with E-state index < -0.39 is 0 Å². The second-order valence-corrected chi connectivity index (χ2v) is 8.19. The zero-order valence-corrected chi connectivity index (χ0v) is 17.9. The average molecular weight is 441 g/mol. The molecule has 2 atom stereocenters. The number of fused-ring (bicyclic) bond motifs is 1. The highest BCUT2D eigenvalue weighted by molar-refractivity contribution is 9.10. The minimum absolute atomic E-state index is 0.0755. The van der Waals surface area contributed by atoms with Gasteiger partial charge in [-0.3, -0.25) is 4.79 Å². The van der Waals surface area contributed by atoms with Gasteiger partial charge in [0.05, 0.1) is 12.2 Å². The molecule has 1 aliphatic rings. The summed E-state index contributed by atoms with van der Waals surface area (Å²) in [6.45, 7) is 7.28. The molecule has 2 aromatic carbocycles. The Labute approximate surface area is 173 Å². The molecule has 0 bridgehead atoms. The number of amides is 1. The number of para-hydroxylation sites is 1. The lowest BCUT2D eigenvalue weighted by molar-refractivity contribution is 0.0932. The van der Waals surface area contributed by atoms with Gasteiger partial charge in [-0.1, -0.05) is 40.2 Å². The van der Waals surface area contributed by atoms with Crippen molar-refractivity contribution >= 4 is 32.7 Å². The van der Waals surface area contributed by atoms with E-state index in [-0.39, 0.29) is 18.1 Å². The molecule has 1 fully saturated rings. The fourth-order valence-corrected chi connectivity index (χ4v) is 4.47. The number of rotatable bonds is 4. The van der Waals surface area contributed by atoms with Crippen molar-refractivity contribution in [2.45, 2.75) is 45.9 Å². The van der Waals surface area contributed by atoms with E-state index in [2.05, 4.69) is 74.8 Å². The molecule has 1 amide bonds. The van der Waals surface area contributed by atoms with Gasteiger partial charge in [-0.2, -0.15) is 0 Å². The highest BCUT2D eigenvalue weighted by Gasteiger charge is 2.30. The molecular weight excluding hydrogens is 416 g/mol. The summed E-state index contributed by atoms with van der Waals surface area (Å²) < 4.78 is 3.31. The van der Waals surface area contributed by atoms with Crippen LogP contribution in [0.4, 0.5) is 0 Å². The SMILES string of the molecule is CCn1c(C2CC(NC(=O)c3ccc(C)c(Br)c3)NN2)c(C)c2ccccc21.